The molecule has 0 heterocycles. The zero-order valence-electron chi connectivity index (χ0n) is 13.6. The third-order valence-electron chi connectivity index (χ3n) is 4.22. The number of hydrogen-bond acceptors (Lipinski definition) is 5. The van der Waals surface area contributed by atoms with E-state index in [9.17, 15) is 42.1 Å². The summed E-state index contributed by atoms with van der Waals surface area (Å²) in [6.45, 7) is 2.63. The quantitative estimate of drug-likeness (QED) is 0.266. The number of hydrogen-bond donors (Lipinski definition) is 0. The zero-order valence-corrected chi connectivity index (χ0v) is 13.6. The monoisotopic (exact) mass is 375 g/mol. The molecule has 6 nitrogen and oxygen atoms in total. The Bertz CT molecular complexity index is 815. The molecule has 1 aliphatic carbocycles. The lowest BCUT2D eigenvalue weighted by atomic mass is 9.68. The van der Waals surface area contributed by atoms with E-state index < -0.39 is 69.2 Å². The summed E-state index contributed by atoms with van der Waals surface area (Å²) in [6.07, 6.45) is -7.50. The number of carbonyl (C=O) groups excluding carboxylic acids is 3. The first-order valence-electron chi connectivity index (χ1n) is 7.37. The van der Waals surface area contributed by atoms with E-state index in [-0.39, 0.29) is 6.07 Å². The Balaban J connectivity index is 2.51. The van der Waals surface area contributed by atoms with Gasteiger partial charge in [-0.2, -0.15) is 13.2 Å². The van der Waals surface area contributed by atoms with Crippen LogP contribution in [0.2, 0.25) is 0 Å². The van der Waals surface area contributed by atoms with Crippen molar-refractivity contribution in [3.63, 3.8) is 0 Å². The second-order valence-electron chi connectivity index (χ2n) is 6.68. The molecule has 0 aliphatic heterocycles. The van der Waals surface area contributed by atoms with Gasteiger partial charge in [0.15, 0.2) is 23.5 Å². The highest BCUT2D eigenvalue weighted by Gasteiger charge is 2.52. The highest BCUT2D eigenvalue weighted by molar-refractivity contribution is 6.27. The lowest BCUT2D eigenvalue weighted by Gasteiger charge is -2.34. The van der Waals surface area contributed by atoms with Crippen LogP contribution in [-0.2, 0) is 15.8 Å². The summed E-state index contributed by atoms with van der Waals surface area (Å²) in [4.78, 5) is 46.5. The van der Waals surface area contributed by atoms with Crippen molar-refractivity contribution in [3.05, 3.63) is 39.4 Å². The predicted octanol–water partition coefficient (Wildman–Crippen LogP) is 3.32. The van der Waals surface area contributed by atoms with E-state index in [1.54, 1.807) is 0 Å². The molecule has 0 aromatic heterocycles. The number of nitro benzene ring substituents is 1. The van der Waals surface area contributed by atoms with Crippen LogP contribution in [0.5, 0.6) is 0 Å². The van der Waals surface area contributed by atoms with Gasteiger partial charge in [-0.15, -0.1) is 0 Å². The minimum absolute atomic E-state index is 0.141. The predicted molar refractivity (Wildman–Crippen MR) is 79.2 cm³/mol. The molecule has 0 bridgehead atoms. The molecule has 0 amide bonds. The van der Waals surface area contributed by atoms with E-state index in [0.717, 1.165) is 0 Å². The normalized spacial score (nSPS) is 23.0. The Morgan fingerprint density at radius 2 is 1.85 bits per heavy atom. The van der Waals surface area contributed by atoms with Gasteiger partial charge >= 0.3 is 6.18 Å². The van der Waals surface area contributed by atoms with Gasteiger partial charge in [-0.3, -0.25) is 24.5 Å². The van der Waals surface area contributed by atoms with Crippen LogP contribution < -0.4 is 0 Å². The van der Waals surface area contributed by atoms with E-state index in [4.69, 9.17) is 0 Å². The molecule has 2 rings (SSSR count). The van der Waals surface area contributed by atoms with Gasteiger partial charge in [0.25, 0.3) is 5.69 Å². The summed E-state index contributed by atoms with van der Waals surface area (Å²) < 4.78 is 52.3. The molecule has 26 heavy (non-hydrogen) atoms. The molecule has 10 heteroatoms. The molecule has 0 saturated heterocycles. The van der Waals surface area contributed by atoms with Crippen molar-refractivity contribution < 1.29 is 36.9 Å². The summed E-state index contributed by atoms with van der Waals surface area (Å²) in [5.74, 6) is -5.74. The lowest BCUT2D eigenvalue weighted by molar-refractivity contribution is -0.385. The fourth-order valence-corrected chi connectivity index (χ4v) is 2.83. The van der Waals surface area contributed by atoms with Crippen LogP contribution >= 0.6 is 0 Å². The number of ketones is 3. The van der Waals surface area contributed by atoms with E-state index in [1.807, 2.05) is 0 Å². The van der Waals surface area contributed by atoms with Gasteiger partial charge in [-0.25, -0.2) is 4.39 Å². The topological polar surface area (TPSA) is 94.3 Å². The van der Waals surface area contributed by atoms with Gasteiger partial charge in [0.2, 0.25) is 0 Å². The smallest absolute Gasteiger partial charge is 0.298 e. The Labute approximate surface area is 144 Å². The second kappa shape index (κ2) is 6.26. The third-order valence-corrected chi connectivity index (χ3v) is 4.22. The maximum Gasteiger partial charge on any atom is 0.416 e. The molecule has 2 atom stereocenters. The third kappa shape index (κ3) is 3.35. The van der Waals surface area contributed by atoms with Crippen molar-refractivity contribution in [3.8, 4) is 0 Å². The van der Waals surface area contributed by atoms with E-state index in [1.165, 1.54) is 13.8 Å². The van der Waals surface area contributed by atoms with Gasteiger partial charge in [0.1, 0.15) is 5.92 Å². The number of halogens is 4. The van der Waals surface area contributed by atoms with Crippen LogP contribution in [0, 0.1) is 21.4 Å². The summed E-state index contributed by atoms with van der Waals surface area (Å²) >= 11 is 0. The van der Waals surface area contributed by atoms with Crippen molar-refractivity contribution >= 4 is 23.0 Å². The van der Waals surface area contributed by atoms with Crippen molar-refractivity contribution in [1.82, 2.24) is 0 Å². The molecule has 1 aromatic carbocycles. The van der Waals surface area contributed by atoms with Gasteiger partial charge in [-0.1, -0.05) is 13.8 Å². The molecular weight excluding hydrogens is 362 g/mol. The van der Waals surface area contributed by atoms with Gasteiger partial charge < -0.3 is 0 Å². The first-order valence-corrected chi connectivity index (χ1v) is 7.37. The number of benzene rings is 1. The number of alkyl halides is 4. The average Bonchev–Trinajstić information content (AvgIpc) is 2.50. The van der Waals surface area contributed by atoms with Crippen LogP contribution in [0.1, 0.15) is 36.2 Å². The fourth-order valence-electron chi connectivity index (χ4n) is 2.83. The van der Waals surface area contributed by atoms with Crippen molar-refractivity contribution in [2.75, 3.05) is 0 Å². The summed E-state index contributed by atoms with van der Waals surface area (Å²) in [6, 6.07) is 1.09. The second-order valence-corrected chi connectivity index (χ2v) is 6.68. The van der Waals surface area contributed by atoms with E-state index >= 15 is 0 Å². The molecule has 0 spiro atoms. The number of Topliss-reactive ketones (excluding diaryl/α,β-unsaturated/α-hetero) is 3. The van der Waals surface area contributed by atoms with Gasteiger partial charge in [0.05, 0.1) is 16.1 Å². The molecule has 1 saturated carbocycles. The fraction of sp³-hybridized carbons (Fsp3) is 0.438. The van der Waals surface area contributed by atoms with Crippen molar-refractivity contribution in [1.29, 1.82) is 0 Å². The van der Waals surface area contributed by atoms with Gasteiger partial charge in [-0.05, 0) is 12.1 Å². The minimum atomic E-state index is -4.89. The lowest BCUT2D eigenvalue weighted by Crippen LogP contribution is -2.50. The number of nitro groups is 1. The van der Waals surface area contributed by atoms with Crippen LogP contribution in [0.3, 0.4) is 0 Å². The Kier molecular flexibility index (Phi) is 4.73. The zero-order chi connectivity index (χ0) is 20.0. The highest BCUT2D eigenvalue weighted by Crippen LogP contribution is 2.39. The summed E-state index contributed by atoms with van der Waals surface area (Å²) in [5, 5.41) is 11.1. The number of rotatable bonds is 3. The first-order chi connectivity index (χ1) is 11.8. The maximum atomic E-state index is 14.2. The molecule has 140 valence electrons. The molecule has 1 fully saturated rings. The average molecular weight is 375 g/mol. The molecule has 1 aromatic rings. The Hall–Kier alpha value is -2.65. The highest BCUT2D eigenvalue weighted by atomic mass is 19.4. The summed E-state index contributed by atoms with van der Waals surface area (Å²) in [7, 11) is 0. The number of nitrogens with zero attached hydrogens (tertiary/aromatic N) is 1. The number of carbonyl (C=O) groups is 3. The molecule has 1 aliphatic rings. The van der Waals surface area contributed by atoms with Crippen molar-refractivity contribution in [2.45, 2.75) is 32.6 Å². The minimum Gasteiger partial charge on any atom is -0.298 e. The molecule has 0 radical (unpaired) electrons. The van der Waals surface area contributed by atoms with Crippen LogP contribution in [0.15, 0.2) is 18.2 Å². The Morgan fingerprint density at radius 1 is 1.27 bits per heavy atom. The maximum absolute atomic E-state index is 14.2. The SMILES string of the molecule is CC1(C)CC(=O)C(C(=O)c2ccc(C(F)(F)F)cc2[N+](=O)[O-])C(=O)C1F. The summed E-state index contributed by atoms with van der Waals surface area (Å²) in [5.41, 5.74) is -4.75. The van der Waals surface area contributed by atoms with E-state index in [0.29, 0.717) is 12.1 Å². The van der Waals surface area contributed by atoms with Gasteiger partial charge in [0, 0.05) is 17.9 Å². The Morgan fingerprint density at radius 3 is 2.35 bits per heavy atom. The van der Waals surface area contributed by atoms with Crippen LogP contribution in [-0.4, -0.2) is 28.4 Å². The van der Waals surface area contributed by atoms with E-state index in [2.05, 4.69) is 0 Å². The standard InChI is InChI=1S/C16H13F4NO5/c1-15(2)6-10(22)11(13(24)14(15)17)12(23)8-4-3-7(16(18,19)20)5-9(8)21(25)26/h3-5,11,14H,6H2,1-2H3. The molecule has 2 unspecified atom stereocenters. The first kappa shape index (κ1) is 19.7. The molecule has 0 N–H and O–H groups in total. The van der Waals surface area contributed by atoms with Crippen molar-refractivity contribution in [2.24, 2.45) is 11.3 Å². The molecular formula is C16H13F4NO5. The van der Waals surface area contributed by atoms with Crippen LogP contribution in [0.25, 0.3) is 0 Å². The van der Waals surface area contributed by atoms with Crippen LogP contribution in [0.4, 0.5) is 23.2 Å². The largest absolute Gasteiger partial charge is 0.416 e.